The standard InChI is InChI=1S/C17H17ClN2O/c1-10-13(4-3-5-14(10)18)17(19-2)11-6-7-15-12(8-11)9-16(21)20-15/h3-8,17,19H,9H2,1-2H3,(H,20,21). The summed E-state index contributed by atoms with van der Waals surface area (Å²) in [6.07, 6.45) is 0.453. The van der Waals surface area contributed by atoms with Crippen LogP contribution < -0.4 is 10.6 Å². The van der Waals surface area contributed by atoms with Gasteiger partial charge in [-0.2, -0.15) is 0 Å². The Labute approximate surface area is 129 Å². The largest absolute Gasteiger partial charge is 0.326 e. The number of rotatable bonds is 3. The van der Waals surface area contributed by atoms with Crippen molar-refractivity contribution in [2.45, 2.75) is 19.4 Å². The molecule has 1 atom stereocenters. The van der Waals surface area contributed by atoms with Crippen molar-refractivity contribution in [1.82, 2.24) is 5.32 Å². The maximum absolute atomic E-state index is 11.5. The van der Waals surface area contributed by atoms with Crippen molar-refractivity contribution in [2.75, 3.05) is 12.4 Å². The molecule has 0 radical (unpaired) electrons. The Bertz CT molecular complexity index is 712. The molecule has 2 aromatic carbocycles. The van der Waals surface area contributed by atoms with E-state index in [4.69, 9.17) is 11.6 Å². The van der Waals surface area contributed by atoms with Crippen molar-refractivity contribution in [3.63, 3.8) is 0 Å². The number of nitrogens with one attached hydrogen (secondary N) is 2. The fourth-order valence-electron chi connectivity index (χ4n) is 2.87. The number of carbonyl (C=O) groups excluding carboxylic acids is 1. The van der Waals surface area contributed by atoms with Gasteiger partial charge in [0.2, 0.25) is 5.91 Å². The molecule has 108 valence electrons. The Hall–Kier alpha value is -1.84. The first-order valence-electron chi connectivity index (χ1n) is 6.95. The quantitative estimate of drug-likeness (QED) is 0.911. The summed E-state index contributed by atoms with van der Waals surface area (Å²) in [6, 6.07) is 12.1. The summed E-state index contributed by atoms with van der Waals surface area (Å²) in [5.74, 6) is 0.0575. The zero-order valence-corrected chi connectivity index (χ0v) is 12.8. The molecular formula is C17H17ClN2O. The zero-order valence-electron chi connectivity index (χ0n) is 12.0. The number of amides is 1. The second-order valence-corrected chi connectivity index (χ2v) is 5.72. The highest BCUT2D eigenvalue weighted by Crippen LogP contribution is 2.32. The molecule has 0 aliphatic carbocycles. The van der Waals surface area contributed by atoms with Gasteiger partial charge in [0, 0.05) is 10.7 Å². The Balaban J connectivity index is 2.03. The topological polar surface area (TPSA) is 41.1 Å². The van der Waals surface area contributed by atoms with E-state index in [1.54, 1.807) is 0 Å². The molecular weight excluding hydrogens is 284 g/mol. The molecule has 21 heavy (non-hydrogen) atoms. The van der Waals surface area contributed by atoms with Gasteiger partial charge in [0.1, 0.15) is 0 Å². The van der Waals surface area contributed by atoms with E-state index in [2.05, 4.69) is 22.8 Å². The third kappa shape index (κ3) is 2.55. The molecule has 1 heterocycles. The molecule has 1 aliphatic heterocycles. The summed E-state index contributed by atoms with van der Waals surface area (Å²) < 4.78 is 0. The summed E-state index contributed by atoms with van der Waals surface area (Å²) in [6.45, 7) is 2.03. The molecule has 0 saturated carbocycles. The van der Waals surface area contributed by atoms with Crippen LogP contribution >= 0.6 is 11.6 Å². The maximum Gasteiger partial charge on any atom is 0.228 e. The molecule has 3 rings (SSSR count). The van der Waals surface area contributed by atoms with E-state index in [-0.39, 0.29) is 11.9 Å². The van der Waals surface area contributed by atoms with Crippen molar-refractivity contribution >= 4 is 23.2 Å². The second-order valence-electron chi connectivity index (χ2n) is 5.32. The third-order valence-electron chi connectivity index (χ3n) is 4.00. The fraction of sp³-hybridized carbons (Fsp3) is 0.235. The lowest BCUT2D eigenvalue weighted by Crippen LogP contribution is -2.19. The minimum Gasteiger partial charge on any atom is -0.326 e. The predicted octanol–water partition coefficient (Wildman–Crippen LogP) is 3.45. The lowest BCUT2D eigenvalue weighted by Gasteiger charge is -2.20. The number of fused-ring (bicyclic) bond motifs is 1. The molecule has 3 nitrogen and oxygen atoms in total. The lowest BCUT2D eigenvalue weighted by atomic mass is 9.93. The van der Waals surface area contributed by atoms with Crippen molar-refractivity contribution in [2.24, 2.45) is 0 Å². The van der Waals surface area contributed by atoms with Crippen LogP contribution in [-0.4, -0.2) is 13.0 Å². The fourth-order valence-corrected chi connectivity index (χ4v) is 3.05. The average Bonchev–Trinajstić information content (AvgIpc) is 2.83. The molecule has 1 unspecified atom stereocenters. The Kier molecular flexibility index (Phi) is 3.70. The van der Waals surface area contributed by atoms with E-state index in [9.17, 15) is 4.79 Å². The third-order valence-corrected chi connectivity index (χ3v) is 4.41. The van der Waals surface area contributed by atoms with Gasteiger partial charge in [-0.3, -0.25) is 4.79 Å². The lowest BCUT2D eigenvalue weighted by molar-refractivity contribution is -0.115. The summed E-state index contributed by atoms with van der Waals surface area (Å²) >= 11 is 6.23. The highest BCUT2D eigenvalue weighted by atomic mass is 35.5. The summed E-state index contributed by atoms with van der Waals surface area (Å²) in [4.78, 5) is 11.5. The second kappa shape index (κ2) is 5.51. The molecule has 0 fully saturated rings. The van der Waals surface area contributed by atoms with Gasteiger partial charge >= 0.3 is 0 Å². The van der Waals surface area contributed by atoms with E-state index in [1.807, 2.05) is 38.2 Å². The van der Waals surface area contributed by atoms with Crippen LogP contribution in [0.2, 0.25) is 5.02 Å². The zero-order chi connectivity index (χ0) is 15.0. The van der Waals surface area contributed by atoms with Crippen molar-refractivity contribution in [3.05, 3.63) is 63.7 Å². The van der Waals surface area contributed by atoms with Gasteiger partial charge in [-0.15, -0.1) is 0 Å². The summed E-state index contributed by atoms with van der Waals surface area (Å²) in [5, 5.41) is 6.97. The number of benzene rings is 2. The minimum atomic E-state index is 0.0575. The maximum atomic E-state index is 11.5. The van der Waals surface area contributed by atoms with Gasteiger partial charge in [0.05, 0.1) is 12.5 Å². The molecule has 0 aromatic heterocycles. The molecule has 1 aliphatic rings. The summed E-state index contributed by atoms with van der Waals surface area (Å²) in [7, 11) is 1.93. The first-order valence-corrected chi connectivity index (χ1v) is 7.33. The van der Waals surface area contributed by atoms with E-state index < -0.39 is 0 Å². The first-order chi connectivity index (χ1) is 10.1. The van der Waals surface area contributed by atoms with Crippen molar-refractivity contribution in [3.8, 4) is 0 Å². The Morgan fingerprint density at radius 2 is 2.10 bits per heavy atom. The van der Waals surface area contributed by atoms with Gasteiger partial charge in [-0.25, -0.2) is 0 Å². The summed E-state index contributed by atoms with van der Waals surface area (Å²) in [5.41, 5.74) is 5.34. The molecule has 0 bridgehead atoms. The van der Waals surface area contributed by atoms with Gasteiger partial charge < -0.3 is 10.6 Å². The van der Waals surface area contributed by atoms with Crippen LogP contribution in [0.1, 0.15) is 28.3 Å². The molecule has 2 aromatic rings. The molecule has 1 amide bonds. The Morgan fingerprint density at radius 3 is 2.86 bits per heavy atom. The normalized spacial score (nSPS) is 14.7. The van der Waals surface area contributed by atoms with E-state index >= 15 is 0 Å². The van der Waals surface area contributed by atoms with Crippen LogP contribution in [0.15, 0.2) is 36.4 Å². The van der Waals surface area contributed by atoms with Crippen molar-refractivity contribution in [1.29, 1.82) is 0 Å². The van der Waals surface area contributed by atoms with E-state index in [0.29, 0.717) is 6.42 Å². The predicted molar refractivity (Wildman–Crippen MR) is 85.9 cm³/mol. The highest BCUT2D eigenvalue weighted by molar-refractivity contribution is 6.31. The van der Waals surface area contributed by atoms with Crippen LogP contribution in [0.4, 0.5) is 5.69 Å². The number of hydrogen-bond donors (Lipinski definition) is 2. The van der Waals surface area contributed by atoms with Crippen LogP contribution in [0.25, 0.3) is 0 Å². The Morgan fingerprint density at radius 1 is 1.29 bits per heavy atom. The van der Waals surface area contributed by atoms with Gasteiger partial charge in [0.25, 0.3) is 0 Å². The molecule has 2 N–H and O–H groups in total. The van der Waals surface area contributed by atoms with Gasteiger partial charge in [-0.05, 0) is 48.4 Å². The number of halogens is 1. The van der Waals surface area contributed by atoms with Crippen LogP contribution in [0.3, 0.4) is 0 Å². The molecule has 4 heteroatoms. The molecule has 0 spiro atoms. The average molecular weight is 301 g/mol. The smallest absolute Gasteiger partial charge is 0.228 e. The SMILES string of the molecule is CNC(c1ccc2c(c1)CC(=O)N2)c1cccc(Cl)c1C. The highest BCUT2D eigenvalue weighted by Gasteiger charge is 2.21. The number of hydrogen-bond acceptors (Lipinski definition) is 2. The number of anilines is 1. The van der Waals surface area contributed by atoms with Crippen molar-refractivity contribution < 1.29 is 4.79 Å². The van der Waals surface area contributed by atoms with Crippen LogP contribution in [0, 0.1) is 6.92 Å². The first kappa shape index (κ1) is 14.1. The van der Waals surface area contributed by atoms with E-state index in [0.717, 1.165) is 33.0 Å². The van der Waals surface area contributed by atoms with E-state index in [1.165, 1.54) is 0 Å². The number of carbonyl (C=O) groups is 1. The molecule has 0 saturated heterocycles. The van der Waals surface area contributed by atoms with Crippen LogP contribution in [0.5, 0.6) is 0 Å². The van der Waals surface area contributed by atoms with Crippen LogP contribution in [-0.2, 0) is 11.2 Å². The van der Waals surface area contributed by atoms with Gasteiger partial charge in [-0.1, -0.05) is 35.9 Å². The monoisotopic (exact) mass is 300 g/mol. The van der Waals surface area contributed by atoms with Gasteiger partial charge in [0.15, 0.2) is 0 Å². The minimum absolute atomic E-state index is 0.0575.